The van der Waals surface area contributed by atoms with Gasteiger partial charge >= 0.3 is 0 Å². The maximum absolute atomic E-state index is 6.64. The van der Waals surface area contributed by atoms with Gasteiger partial charge in [0.15, 0.2) is 5.06 Å². The molecule has 1 aromatic rings. The number of nitrogens with zero attached hydrogens (tertiary/aromatic N) is 1. The summed E-state index contributed by atoms with van der Waals surface area (Å²) in [4.78, 5) is 4.49. The minimum absolute atomic E-state index is 0.552. The summed E-state index contributed by atoms with van der Waals surface area (Å²) in [5.74, 6) is 0. The normalized spacial score (nSPS) is 9.42. The predicted octanol–water partition coefficient (Wildman–Crippen LogP) is 2.98. The summed E-state index contributed by atoms with van der Waals surface area (Å²) in [6.45, 7) is 7.20. The second-order valence-corrected chi connectivity index (χ2v) is 4.14. The Morgan fingerprint density at radius 1 is 1.75 bits per heavy atom. The van der Waals surface area contributed by atoms with E-state index >= 15 is 0 Å². The third-order valence-electron chi connectivity index (χ3n) is 1.36. The van der Waals surface area contributed by atoms with Crippen LogP contribution in [-0.2, 0) is 6.42 Å². The van der Waals surface area contributed by atoms with E-state index in [-0.39, 0.29) is 0 Å². The van der Waals surface area contributed by atoms with Gasteiger partial charge in [0.05, 0.1) is 18.0 Å². The van der Waals surface area contributed by atoms with Gasteiger partial charge in [0, 0.05) is 4.88 Å². The van der Waals surface area contributed by atoms with Crippen molar-refractivity contribution < 1.29 is 4.74 Å². The lowest BCUT2D eigenvalue weighted by molar-refractivity contribution is 0.425. The van der Waals surface area contributed by atoms with Crippen LogP contribution in [0.15, 0.2) is 10.5 Å². The number of hydrogen-bond acceptors (Lipinski definition) is 2. The monoisotopic (exact) mass is 245 g/mol. The number of halogens is 1. The van der Waals surface area contributed by atoms with Gasteiger partial charge in [-0.2, -0.15) is 0 Å². The summed E-state index contributed by atoms with van der Waals surface area (Å²) < 4.78 is 6.08. The van der Waals surface area contributed by atoms with Crippen LogP contribution in [0.5, 0.6) is 5.06 Å². The first-order valence-corrected chi connectivity index (χ1v) is 5.04. The number of ether oxygens (including phenoxy) is 1. The molecule has 64 valence electrons. The molecular formula is C8H8BrNOS. The van der Waals surface area contributed by atoms with Crippen LogP contribution in [0.3, 0.4) is 0 Å². The molecule has 4 heteroatoms. The van der Waals surface area contributed by atoms with Gasteiger partial charge in [-0.1, -0.05) is 0 Å². The highest BCUT2D eigenvalue weighted by Gasteiger charge is 2.06. The summed E-state index contributed by atoms with van der Waals surface area (Å²) >= 11 is 4.96. The molecule has 0 unspecified atom stereocenters. The first-order chi connectivity index (χ1) is 5.77. The smallest absolute Gasteiger partial charge is 0.219 e. The molecule has 0 aliphatic carbocycles. The minimum Gasteiger partial charge on any atom is -0.486 e. The maximum atomic E-state index is 6.64. The molecule has 0 bridgehead atoms. The molecule has 0 aliphatic rings. The highest BCUT2D eigenvalue weighted by molar-refractivity contribution is 9.10. The Morgan fingerprint density at radius 2 is 2.50 bits per heavy atom. The highest BCUT2D eigenvalue weighted by atomic mass is 79.9. The van der Waals surface area contributed by atoms with E-state index in [9.17, 15) is 0 Å². The third-order valence-corrected chi connectivity index (χ3v) is 3.37. The van der Waals surface area contributed by atoms with E-state index in [0.29, 0.717) is 6.54 Å². The predicted molar refractivity (Wildman–Crippen MR) is 53.7 cm³/mol. The zero-order chi connectivity index (χ0) is 8.97. The number of hydrogen-bond donors (Lipinski definition) is 0. The Bertz CT molecular complexity index is 302. The molecular weight excluding hydrogens is 238 g/mol. The van der Waals surface area contributed by atoms with Crippen molar-refractivity contribution in [3.05, 3.63) is 26.8 Å². The van der Waals surface area contributed by atoms with Crippen molar-refractivity contribution in [2.75, 3.05) is 13.7 Å². The van der Waals surface area contributed by atoms with E-state index in [1.807, 2.05) is 6.07 Å². The van der Waals surface area contributed by atoms with Crippen LogP contribution in [0.1, 0.15) is 4.88 Å². The first kappa shape index (κ1) is 9.56. The molecule has 0 saturated carbocycles. The number of rotatable bonds is 3. The SMILES string of the molecule is [C-]#[N+]CCc1cc(Br)c(OC)s1. The van der Waals surface area contributed by atoms with Crippen LogP contribution in [0, 0.1) is 6.57 Å². The van der Waals surface area contributed by atoms with E-state index in [1.54, 1.807) is 18.4 Å². The summed E-state index contributed by atoms with van der Waals surface area (Å²) in [5, 5.41) is 0.884. The first-order valence-electron chi connectivity index (χ1n) is 3.43. The molecule has 2 nitrogen and oxygen atoms in total. The van der Waals surface area contributed by atoms with E-state index in [4.69, 9.17) is 11.3 Å². The van der Waals surface area contributed by atoms with Gasteiger partial charge in [-0.05, 0) is 22.0 Å². The summed E-state index contributed by atoms with van der Waals surface area (Å²) in [7, 11) is 1.65. The molecule has 0 radical (unpaired) electrons. The molecule has 0 fully saturated rings. The molecule has 0 spiro atoms. The molecule has 0 aliphatic heterocycles. The van der Waals surface area contributed by atoms with Gasteiger partial charge < -0.3 is 9.58 Å². The zero-order valence-corrected chi connectivity index (χ0v) is 9.04. The van der Waals surface area contributed by atoms with Gasteiger partial charge in [-0.3, -0.25) is 0 Å². The molecule has 0 aromatic carbocycles. The van der Waals surface area contributed by atoms with Gasteiger partial charge in [0.1, 0.15) is 0 Å². The Labute approximate surface area is 84.1 Å². The molecule has 0 saturated heterocycles. The van der Waals surface area contributed by atoms with Crippen molar-refractivity contribution in [1.82, 2.24) is 0 Å². The van der Waals surface area contributed by atoms with Crippen LogP contribution in [-0.4, -0.2) is 13.7 Å². The highest BCUT2D eigenvalue weighted by Crippen LogP contribution is 2.34. The van der Waals surface area contributed by atoms with E-state index in [1.165, 1.54) is 4.88 Å². The van der Waals surface area contributed by atoms with E-state index < -0.39 is 0 Å². The number of methoxy groups -OCH3 is 1. The summed E-state index contributed by atoms with van der Waals surface area (Å²) in [6, 6.07) is 2.01. The van der Waals surface area contributed by atoms with Crippen molar-refractivity contribution in [3.8, 4) is 5.06 Å². The second-order valence-electron chi connectivity index (χ2n) is 2.18. The van der Waals surface area contributed by atoms with Crippen molar-refractivity contribution in [3.63, 3.8) is 0 Å². The molecule has 12 heavy (non-hydrogen) atoms. The van der Waals surface area contributed by atoms with Gasteiger partial charge in [0.25, 0.3) is 0 Å². The molecule has 0 N–H and O–H groups in total. The van der Waals surface area contributed by atoms with Crippen molar-refractivity contribution >= 4 is 27.3 Å². The van der Waals surface area contributed by atoms with Gasteiger partial charge in [-0.25, -0.2) is 6.57 Å². The van der Waals surface area contributed by atoms with E-state index in [2.05, 4.69) is 20.8 Å². The topological polar surface area (TPSA) is 13.6 Å². The Hall–Kier alpha value is -0.530. The fraction of sp³-hybridized carbons (Fsp3) is 0.375. The van der Waals surface area contributed by atoms with Gasteiger partial charge in [0.2, 0.25) is 6.54 Å². The van der Waals surface area contributed by atoms with Crippen LogP contribution in [0.25, 0.3) is 4.85 Å². The Morgan fingerprint density at radius 3 is 3.00 bits per heavy atom. The average Bonchev–Trinajstić information content (AvgIpc) is 2.43. The lowest BCUT2D eigenvalue weighted by atomic mass is 10.3. The molecule has 1 heterocycles. The van der Waals surface area contributed by atoms with Crippen molar-refractivity contribution in [2.45, 2.75) is 6.42 Å². The van der Waals surface area contributed by atoms with Crippen molar-refractivity contribution in [2.24, 2.45) is 0 Å². The number of thiophene rings is 1. The summed E-state index contributed by atoms with van der Waals surface area (Å²) in [5.41, 5.74) is 0. The van der Waals surface area contributed by atoms with Crippen LogP contribution in [0.2, 0.25) is 0 Å². The van der Waals surface area contributed by atoms with Crippen molar-refractivity contribution in [1.29, 1.82) is 0 Å². The fourth-order valence-corrected chi connectivity index (χ4v) is 2.51. The zero-order valence-electron chi connectivity index (χ0n) is 6.63. The quantitative estimate of drug-likeness (QED) is 0.747. The summed E-state index contributed by atoms with van der Waals surface area (Å²) in [6.07, 6.45) is 0.816. The fourth-order valence-electron chi connectivity index (χ4n) is 0.826. The molecule has 0 atom stereocenters. The lowest BCUT2D eigenvalue weighted by Gasteiger charge is -1.91. The van der Waals surface area contributed by atoms with Crippen LogP contribution < -0.4 is 4.74 Å². The minimum atomic E-state index is 0.552. The van der Waals surface area contributed by atoms with Gasteiger partial charge in [-0.15, -0.1) is 11.3 Å². The molecule has 1 rings (SSSR count). The average molecular weight is 246 g/mol. The molecule has 0 amide bonds. The van der Waals surface area contributed by atoms with Crippen LogP contribution in [0.4, 0.5) is 0 Å². The Balaban J connectivity index is 2.70. The van der Waals surface area contributed by atoms with Crippen LogP contribution >= 0.6 is 27.3 Å². The second kappa shape index (κ2) is 4.48. The largest absolute Gasteiger partial charge is 0.486 e. The Kier molecular flexibility index (Phi) is 3.57. The maximum Gasteiger partial charge on any atom is 0.219 e. The standard InChI is InChI=1S/C8H8BrNOS/c1-10-4-3-6-5-7(9)8(11-2)12-6/h5H,3-4H2,2H3. The lowest BCUT2D eigenvalue weighted by Crippen LogP contribution is -1.80. The van der Waals surface area contributed by atoms with E-state index in [0.717, 1.165) is 16.0 Å². The third kappa shape index (κ3) is 2.23. The molecule has 1 aromatic heterocycles.